The summed E-state index contributed by atoms with van der Waals surface area (Å²) in [6, 6.07) is 14.3. The van der Waals surface area contributed by atoms with Gasteiger partial charge in [-0.25, -0.2) is 0 Å². The highest BCUT2D eigenvalue weighted by atomic mass is 16.3. The topological polar surface area (TPSA) is 66.5 Å². The second kappa shape index (κ2) is 5.33. The van der Waals surface area contributed by atoms with Crippen LogP contribution in [0.5, 0.6) is 11.5 Å². The Labute approximate surface area is 113 Å². The zero-order chi connectivity index (χ0) is 13.9. The molecular formula is C16H19NO2. The number of hydrogen-bond acceptors (Lipinski definition) is 3. The van der Waals surface area contributed by atoms with Crippen LogP contribution in [0.25, 0.3) is 0 Å². The van der Waals surface area contributed by atoms with Gasteiger partial charge in [0.1, 0.15) is 11.5 Å². The Balaban J connectivity index is 2.53. The van der Waals surface area contributed by atoms with Crippen molar-refractivity contribution in [2.24, 2.45) is 5.73 Å². The van der Waals surface area contributed by atoms with Crippen LogP contribution in [-0.4, -0.2) is 16.8 Å². The summed E-state index contributed by atoms with van der Waals surface area (Å²) in [6.45, 7) is 2.56. The number of rotatable bonds is 4. The van der Waals surface area contributed by atoms with Gasteiger partial charge in [0.2, 0.25) is 0 Å². The lowest BCUT2D eigenvalue weighted by atomic mass is 9.72. The highest BCUT2D eigenvalue weighted by Crippen LogP contribution is 2.36. The van der Waals surface area contributed by atoms with Crippen LogP contribution in [0.1, 0.15) is 24.5 Å². The molecule has 100 valence electrons. The van der Waals surface area contributed by atoms with Gasteiger partial charge in [0.15, 0.2) is 0 Å². The third kappa shape index (κ3) is 2.42. The molecular weight excluding hydrogens is 238 g/mol. The predicted molar refractivity (Wildman–Crippen MR) is 76.3 cm³/mol. The first-order valence-electron chi connectivity index (χ1n) is 6.41. The maximum Gasteiger partial charge on any atom is 0.115 e. The van der Waals surface area contributed by atoms with E-state index in [2.05, 4.69) is 6.92 Å². The number of hydrogen-bond donors (Lipinski definition) is 3. The zero-order valence-corrected chi connectivity index (χ0v) is 11.0. The molecule has 3 heteroatoms. The minimum absolute atomic E-state index is 0.247. The molecule has 0 aliphatic rings. The van der Waals surface area contributed by atoms with E-state index >= 15 is 0 Å². The maximum absolute atomic E-state index is 9.41. The molecule has 19 heavy (non-hydrogen) atoms. The van der Waals surface area contributed by atoms with Gasteiger partial charge in [0.25, 0.3) is 0 Å². The van der Waals surface area contributed by atoms with E-state index in [4.69, 9.17) is 5.73 Å². The van der Waals surface area contributed by atoms with Crippen LogP contribution in [0.4, 0.5) is 0 Å². The first-order chi connectivity index (χ1) is 9.12. The fourth-order valence-electron chi connectivity index (χ4n) is 2.52. The second-order valence-corrected chi connectivity index (χ2v) is 4.73. The fraction of sp³-hybridized carbons (Fsp3) is 0.250. The minimum Gasteiger partial charge on any atom is -0.508 e. The summed E-state index contributed by atoms with van der Waals surface area (Å²) in [5, 5.41) is 18.8. The van der Waals surface area contributed by atoms with Gasteiger partial charge in [-0.3, -0.25) is 0 Å². The molecule has 0 aromatic heterocycles. The molecule has 0 heterocycles. The summed E-state index contributed by atoms with van der Waals surface area (Å²) < 4.78 is 0. The first kappa shape index (κ1) is 13.4. The van der Waals surface area contributed by atoms with Crippen LogP contribution in [0.2, 0.25) is 0 Å². The van der Waals surface area contributed by atoms with Crippen molar-refractivity contribution >= 4 is 0 Å². The van der Waals surface area contributed by atoms with Crippen LogP contribution in [0, 0.1) is 0 Å². The third-order valence-electron chi connectivity index (χ3n) is 3.79. The van der Waals surface area contributed by atoms with E-state index in [0.717, 1.165) is 17.5 Å². The minimum atomic E-state index is -0.290. The number of aromatic hydroxyl groups is 2. The highest BCUT2D eigenvalue weighted by Gasteiger charge is 2.30. The molecule has 0 atom stereocenters. The summed E-state index contributed by atoms with van der Waals surface area (Å²) in [5.41, 5.74) is 7.88. The largest absolute Gasteiger partial charge is 0.508 e. The molecule has 0 fully saturated rings. The molecule has 0 aliphatic carbocycles. The number of benzene rings is 2. The van der Waals surface area contributed by atoms with E-state index in [1.807, 2.05) is 24.3 Å². The third-order valence-corrected chi connectivity index (χ3v) is 3.79. The van der Waals surface area contributed by atoms with Crippen LogP contribution >= 0.6 is 0 Å². The van der Waals surface area contributed by atoms with E-state index < -0.39 is 0 Å². The zero-order valence-electron chi connectivity index (χ0n) is 11.0. The molecule has 0 amide bonds. The van der Waals surface area contributed by atoms with E-state index in [0.29, 0.717) is 6.54 Å². The summed E-state index contributed by atoms with van der Waals surface area (Å²) in [6.07, 6.45) is 0.846. The molecule has 0 bridgehead atoms. The molecule has 0 aliphatic heterocycles. The molecule has 2 aromatic rings. The Morgan fingerprint density at radius 1 is 0.842 bits per heavy atom. The Kier molecular flexibility index (Phi) is 3.76. The summed E-state index contributed by atoms with van der Waals surface area (Å²) in [7, 11) is 0. The lowest BCUT2D eigenvalue weighted by molar-refractivity contribution is 0.469. The summed E-state index contributed by atoms with van der Waals surface area (Å²) >= 11 is 0. The van der Waals surface area contributed by atoms with Gasteiger partial charge < -0.3 is 15.9 Å². The molecule has 0 spiro atoms. The van der Waals surface area contributed by atoms with Gasteiger partial charge in [-0.05, 0) is 41.8 Å². The number of phenols is 2. The summed E-state index contributed by atoms with van der Waals surface area (Å²) in [5.74, 6) is 0.493. The van der Waals surface area contributed by atoms with E-state index in [-0.39, 0.29) is 16.9 Å². The molecule has 4 N–H and O–H groups in total. The van der Waals surface area contributed by atoms with E-state index in [1.54, 1.807) is 24.3 Å². The van der Waals surface area contributed by atoms with Crippen molar-refractivity contribution in [3.05, 3.63) is 59.7 Å². The lowest BCUT2D eigenvalue weighted by Gasteiger charge is -2.33. The van der Waals surface area contributed by atoms with Crippen LogP contribution in [0.15, 0.2) is 48.5 Å². The SMILES string of the molecule is CCC(CN)(c1ccc(O)cc1)c1ccc(O)cc1. The van der Waals surface area contributed by atoms with Gasteiger partial charge in [-0.15, -0.1) is 0 Å². The fourth-order valence-corrected chi connectivity index (χ4v) is 2.52. The average molecular weight is 257 g/mol. The number of phenolic OH excluding ortho intramolecular Hbond substituents is 2. The molecule has 0 saturated carbocycles. The predicted octanol–water partition coefficient (Wildman–Crippen LogP) is 2.75. The number of nitrogens with two attached hydrogens (primary N) is 1. The summed E-state index contributed by atoms with van der Waals surface area (Å²) in [4.78, 5) is 0. The molecule has 0 unspecified atom stereocenters. The van der Waals surface area contributed by atoms with Gasteiger partial charge in [0.05, 0.1) is 0 Å². The Hall–Kier alpha value is -2.00. The van der Waals surface area contributed by atoms with Crippen LogP contribution in [0.3, 0.4) is 0 Å². The Bertz CT molecular complexity index is 480. The molecule has 2 rings (SSSR count). The monoisotopic (exact) mass is 257 g/mol. The van der Waals surface area contributed by atoms with Gasteiger partial charge in [-0.1, -0.05) is 31.2 Å². The van der Waals surface area contributed by atoms with Crippen molar-refractivity contribution in [3.8, 4) is 11.5 Å². The molecule has 2 aromatic carbocycles. The second-order valence-electron chi connectivity index (χ2n) is 4.73. The molecule has 0 saturated heterocycles. The van der Waals surface area contributed by atoms with Crippen molar-refractivity contribution in [1.82, 2.24) is 0 Å². The normalized spacial score (nSPS) is 11.5. The van der Waals surface area contributed by atoms with Gasteiger partial charge in [-0.2, -0.15) is 0 Å². The first-order valence-corrected chi connectivity index (χ1v) is 6.41. The van der Waals surface area contributed by atoms with Gasteiger partial charge in [0, 0.05) is 12.0 Å². The van der Waals surface area contributed by atoms with Crippen molar-refractivity contribution in [2.45, 2.75) is 18.8 Å². The Morgan fingerprint density at radius 3 is 1.47 bits per heavy atom. The van der Waals surface area contributed by atoms with Gasteiger partial charge >= 0.3 is 0 Å². The molecule has 3 nitrogen and oxygen atoms in total. The van der Waals surface area contributed by atoms with Crippen LogP contribution < -0.4 is 5.73 Å². The maximum atomic E-state index is 9.41. The Morgan fingerprint density at radius 2 is 1.21 bits per heavy atom. The quantitative estimate of drug-likeness (QED) is 0.789. The van der Waals surface area contributed by atoms with Crippen molar-refractivity contribution in [3.63, 3.8) is 0 Å². The van der Waals surface area contributed by atoms with Crippen molar-refractivity contribution in [1.29, 1.82) is 0 Å². The van der Waals surface area contributed by atoms with Crippen molar-refractivity contribution in [2.75, 3.05) is 6.54 Å². The van der Waals surface area contributed by atoms with Crippen molar-refractivity contribution < 1.29 is 10.2 Å². The highest BCUT2D eigenvalue weighted by molar-refractivity contribution is 5.43. The smallest absolute Gasteiger partial charge is 0.115 e. The lowest BCUT2D eigenvalue weighted by Crippen LogP contribution is -2.35. The van der Waals surface area contributed by atoms with E-state index in [1.165, 1.54) is 0 Å². The standard InChI is InChI=1S/C16H19NO2/c1-2-16(11-17,12-3-7-14(18)8-4-12)13-5-9-15(19)10-6-13/h3-10,18-19H,2,11,17H2,1H3. The average Bonchev–Trinajstić information content (AvgIpc) is 2.44. The van der Waals surface area contributed by atoms with Crippen LogP contribution in [-0.2, 0) is 5.41 Å². The van der Waals surface area contributed by atoms with E-state index in [9.17, 15) is 10.2 Å². The molecule has 0 radical (unpaired) electrons.